The summed E-state index contributed by atoms with van der Waals surface area (Å²) in [6.45, 7) is 0. The van der Waals surface area contributed by atoms with Crippen LogP contribution in [-0.4, -0.2) is 17.9 Å². The minimum atomic E-state index is -0.533. The number of rotatable bonds is 4. The molecule has 2 aromatic carbocycles. The third-order valence-corrected chi connectivity index (χ3v) is 4.43. The normalized spacial score (nSPS) is 16.0. The SMILES string of the molecule is COc1ccc([N+](=O)[O-])cc1C(=O)NC1CCCc2cc(N)ccc21. The van der Waals surface area contributed by atoms with Gasteiger partial charge in [-0.2, -0.15) is 0 Å². The van der Waals surface area contributed by atoms with E-state index in [1.807, 2.05) is 18.2 Å². The van der Waals surface area contributed by atoms with E-state index in [0.29, 0.717) is 11.4 Å². The smallest absolute Gasteiger partial charge is 0.270 e. The van der Waals surface area contributed by atoms with Gasteiger partial charge in [0, 0.05) is 17.8 Å². The van der Waals surface area contributed by atoms with Crippen LogP contribution < -0.4 is 15.8 Å². The molecule has 0 radical (unpaired) electrons. The number of carbonyl (C=O) groups excluding carboxylic acids is 1. The van der Waals surface area contributed by atoms with Gasteiger partial charge in [-0.05, 0) is 48.6 Å². The number of nitrogens with two attached hydrogens (primary N) is 1. The van der Waals surface area contributed by atoms with Crippen LogP contribution in [0.25, 0.3) is 0 Å². The highest BCUT2D eigenvalue weighted by Crippen LogP contribution is 2.32. The summed E-state index contributed by atoms with van der Waals surface area (Å²) in [5.41, 5.74) is 8.70. The largest absolute Gasteiger partial charge is 0.496 e. The number of benzene rings is 2. The van der Waals surface area contributed by atoms with Crippen molar-refractivity contribution in [3.63, 3.8) is 0 Å². The number of aryl methyl sites for hydroxylation is 1. The van der Waals surface area contributed by atoms with Crippen LogP contribution in [-0.2, 0) is 6.42 Å². The topological polar surface area (TPSA) is 107 Å². The zero-order valence-corrected chi connectivity index (χ0v) is 13.8. The van der Waals surface area contributed by atoms with Crippen molar-refractivity contribution in [1.82, 2.24) is 5.32 Å². The van der Waals surface area contributed by atoms with E-state index in [0.717, 1.165) is 30.4 Å². The molecule has 1 atom stereocenters. The molecule has 2 aromatic rings. The number of hydrogen-bond acceptors (Lipinski definition) is 5. The highest BCUT2D eigenvalue weighted by atomic mass is 16.6. The number of non-ortho nitro benzene ring substituents is 1. The number of nitrogens with one attached hydrogen (secondary N) is 1. The Labute approximate surface area is 144 Å². The molecule has 0 saturated carbocycles. The second-order valence-electron chi connectivity index (χ2n) is 6.02. The molecule has 1 unspecified atom stereocenters. The Bertz CT molecular complexity index is 835. The van der Waals surface area contributed by atoms with Gasteiger partial charge in [-0.25, -0.2) is 0 Å². The Morgan fingerprint density at radius 3 is 2.84 bits per heavy atom. The van der Waals surface area contributed by atoms with Gasteiger partial charge in [0.15, 0.2) is 0 Å². The second-order valence-corrected chi connectivity index (χ2v) is 6.02. The molecule has 3 N–H and O–H groups in total. The molecule has 0 heterocycles. The standard InChI is InChI=1S/C18H19N3O4/c1-25-17-8-6-13(21(23)24)10-15(17)18(22)20-16-4-2-3-11-9-12(19)5-7-14(11)16/h5-10,16H,2-4,19H2,1H3,(H,20,22). The van der Waals surface area contributed by atoms with Crippen molar-refractivity contribution < 1.29 is 14.5 Å². The molecule has 25 heavy (non-hydrogen) atoms. The molecular formula is C18H19N3O4. The van der Waals surface area contributed by atoms with Crippen molar-refractivity contribution >= 4 is 17.3 Å². The molecule has 0 saturated heterocycles. The first-order chi connectivity index (χ1) is 12.0. The predicted molar refractivity (Wildman–Crippen MR) is 93.6 cm³/mol. The first-order valence-electron chi connectivity index (χ1n) is 8.01. The molecule has 1 aliphatic carbocycles. The van der Waals surface area contributed by atoms with E-state index in [2.05, 4.69) is 5.32 Å². The van der Waals surface area contributed by atoms with E-state index in [9.17, 15) is 14.9 Å². The van der Waals surface area contributed by atoms with Crippen LogP contribution in [0, 0.1) is 10.1 Å². The molecule has 1 amide bonds. The maximum atomic E-state index is 12.7. The number of hydrogen-bond donors (Lipinski definition) is 2. The second kappa shape index (κ2) is 6.80. The highest BCUT2D eigenvalue weighted by Gasteiger charge is 2.24. The molecule has 0 fully saturated rings. The molecule has 3 rings (SSSR count). The molecule has 130 valence electrons. The van der Waals surface area contributed by atoms with Gasteiger partial charge in [-0.15, -0.1) is 0 Å². The maximum Gasteiger partial charge on any atom is 0.270 e. The first kappa shape index (κ1) is 16.8. The Morgan fingerprint density at radius 2 is 2.12 bits per heavy atom. The fraction of sp³-hybridized carbons (Fsp3) is 0.278. The summed E-state index contributed by atoms with van der Waals surface area (Å²) in [7, 11) is 1.43. The summed E-state index contributed by atoms with van der Waals surface area (Å²) in [5, 5.41) is 14.0. The number of fused-ring (bicyclic) bond motifs is 1. The molecule has 1 aliphatic rings. The number of methoxy groups -OCH3 is 1. The lowest BCUT2D eigenvalue weighted by Crippen LogP contribution is -2.31. The number of nitrogens with zero attached hydrogens (tertiary/aromatic N) is 1. The van der Waals surface area contributed by atoms with Gasteiger partial charge in [0.05, 0.1) is 23.6 Å². The summed E-state index contributed by atoms with van der Waals surface area (Å²) >= 11 is 0. The lowest BCUT2D eigenvalue weighted by Gasteiger charge is -2.27. The van der Waals surface area contributed by atoms with E-state index in [1.54, 1.807) is 0 Å². The van der Waals surface area contributed by atoms with Crippen LogP contribution >= 0.6 is 0 Å². The van der Waals surface area contributed by atoms with Gasteiger partial charge < -0.3 is 15.8 Å². The van der Waals surface area contributed by atoms with Crippen LogP contribution in [0.2, 0.25) is 0 Å². The fourth-order valence-electron chi connectivity index (χ4n) is 3.21. The van der Waals surface area contributed by atoms with E-state index >= 15 is 0 Å². The third kappa shape index (κ3) is 3.40. The number of ether oxygens (including phenoxy) is 1. The lowest BCUT2D eigenvalue weighted by molar-refractivity contribution is -0.384. The van der Waals surface area contributed by atoms with Gasteiger partial charge in [0.1, 0.15) is 5.75 Å². The number of carbonyl (C=O) groups is 1. The van der Waals surface area contributed by atoms with Gasteiger partial charge in [0.2, 0.25) is 0 Å². The minimum Gasteiger partial charge on any atom is -0.496 e. The van der Waals surface area contributed by atoms with E-state index in [-0.39, 0.29) is 17.3 Å². The first-order valence-corrected chi connectivity index (χ1v) is 8.01. The van der Waals surface area contributed by atoms with Crippen LogP contribution in [0.3, 0.4) is 0 Å². The van der Waals surface area contributed by atoms with Crippen LogP contribution in [0.15, 0.2) is 36.4 Å². The minimum absolute atomic E-state index is 0.150. The number of nitrogen functional groups attached to an aromatic ring is 1. The Morgan fingerprint density at radius 1 is 1.32 bits per heavy atom. The summed E-state index contributed by atoms with van der Waals surface area (Å²) < 4.78 is 5.18. The van der Waals surface area contributed by atoms with Crippen molar-refractivity contribution in [2.24, 2.45) is 0 Å². The Kier molecular flexibility index (Phi) is 4.56. The fourth-order valence-corrected chi connectivity index (χ4v) is 3.21. The highest BCUT2D eigenvalue weighted by molar-refractivity contribution is 5.97. The third-order valence-electron chi connectivity index (χ3n) is 4.43. The quantitative estimate of drug-likeness (QED) is 0.505. The van der Waals surface area contributed by atoms with Crippen LogP contribution in [0.1, 0.15) is 40.4 Å². The van der Waals surface area contributed by atoms with Crippen LogP contribution in [0.5, 0.6) is 5.75 Å². The van der Waals surface area contributed by atoms with Gasteiger partial charge >= 0.3 is 0 Å². The number of amides is 1. The predicted octanol–water partition coefficient (Wildman–Crippen LogP) is 2.99. The van der Waals surface area contributed by atoms with E-state index < -0.39 is 10.8 Å². The Balaban J connectivity index is 1.89. The van der Waals surface area contributed by atoms with Gasteiger partial charge in [-0.1, -0.05) is 6.07 Å². The molecule has 7 heteroatoms. The van der Waals surface area contributed by atoms with Crippen molar-refractivity contribution in [3.05, 3.63) is 63.2 Å². The summed E-state index contributed by atoms with van der Waals surface area (Å²) in [6, 6.07) is 9.51. The Hall–Kier alpha value is -3.09. The van der Waals surface area contributed by atoms with Crippen molar-refractivity contribution in [2.75, 3.05) is 12.8 Å². The summed E-state index contributed by atoms with van der Waals surface area (Å²) in [6.07, 6.45) is 2.67. The number of nitro groups is 1. The van der Waals surface area contributed by atoms with Crippen molar-refractivity contribution in [1.29, 1.82) is 0 Å². The van der Waals surface area contributed by atoms with Crippen LogP contribution in [0.4, 0.5) is 11.4 Å². The van der Waals surface area contributed by atoms with Crippen molar-refractivity contribution in [2.45, 2.75) is 25.3 Å². The molecule has 0 spiro atoms. The lowest BCUT2D eigenvalue weighted by atomic mass is 9.87. The monoisotopic (exact) mass is 341 g/mol. The molecule has 0 bridgehead atoms. The molecule has 0 aliphatic heterocycles. The van der Waals surface area contributed by atoms with Gasteiger partial charge in [-0.3, -0.25) is 14.9 Å². The summed E-state index contributed by atoms with van der Waals surface area (Å²) in [4.78, 5) is 23.2. The molecule has 7 nitrogen and oxygen atoms in total. The average molecular weight is 341 g/mol. The molecular weight excluding hydrogens is 322 g/mol. The van der Waals surface area contributed by atoms with Crippen molar-refractivity contribution in [3.8, 4) is 5.75 Å². The zero-order valence-electron chi connectivity index (χ0n) is 13.8. The molecule has 0 aromatic heterocycles. The van der Waals surface area contributed by atoms with E-state index in [1.165, 1.54) is 25.3 Å². The number of nitro benzene ring substituents is 1. The zero-order chi connectivity index (χ0) is 18.0. The van der Waals surface area contributed by atoms with Gasteiger partial charge in [0.25, 0.3) is 11.6 Å². The average Bonchev–Trinajstić information content (AvgIpc) is 2.60. The maximum absolute atomic E-state index is 12.7. The van der Waals surface area contributed by atoms with E-state index in [4.69, 9.17) is 10.5 Å². The number of anilines is 1. The summed E-state index contributed by atoms with van der Waals surface area (Å²) in [5.74, 6) is -0.0911.